The van der Waals surface area contributed by atoms with Gasteiger partial charge in [0.25, 0.3) is 0 Å². The Labute approximate surface area is 144 Å². The number of likely N-dealkylation sites (N-methyl/N-ethyl adjacent to an activating group) is 1. The number of carbonyl (C=O) groups is 1. The minimum atomic E-state index is 0.0928. The van der Waals surface area contributed by atoms with E-state index >= 15 is 0 Å². The van der Waals surface area contributed by atoms with Crippen molar-refractivity contribution < 1.29 is 9.28 Å². The van der Waals surface area contributed by atoms with Crippen LogP contribution < -0.4 is 0 Å². The average Bonchev–Trinajstić information content (AvgIpc) is 2.56. The molecule has 1 amide bonds. The summed E-state index contributed by atoms with van der Waals surface area (Å²) in [7, 11) is 2.35. The summed E-state index contributed by atoms with van der Waals surface area (Å²) in [6.07, 6.45) is 15.4. The maximum absolute atomic E-state index is 11.6. The van der Waals surface area contributed by atoms with Crippen molar-refractivity contribution in [3.8, 4) is 0 Å². The second-order valence-corrected chi connectivity index (χ2v) is 7.50. The van der Waals surface area contributed by atoms with Gasteiger partial charge in [-0.15, -0.1) is 0 Å². The predicted octanol–water partition coefficient (Wildman–Crippen LogP) is 4.38. The lowest BCUT2D eigenvalue weighted by molar-refractivity contribution is -0.913. The fourth-order valence-corrected chi connectivity index (χ4v) is 3.50. The summed E-state index contributed by atoms with van der Waals surface area (Å²) in [5.74, 6) is 0.0928. The zero-order chi connectivity index (χ0) is 17.0. The first-order valence-electron chi connectivity index (χ1n) is 9.86. The molecular formula is C20H39N2O+. The van der Waals surface area contributed by atoms with Crippen LogP contribution in [-0.2, 0) is 4.79 Å². The first-order chi connectivity index (χ1) is 11.1. The lowest BCUT2D eigenvalue weighted by atomic mass is 10.1. The Morgan fingerprint density at radius 2 is 1.43 bits per heavy atom. The van der Waals surface area contributed by atoms with Crippen LogP contribution in [-0.4, -0.2) is 55.1 Å². The van der Waals surface area contributed by atoms with E-state index in [2.05, 4.69) is 20.6 Å². The second-order valence-electron chi connectivity index (χ2n) is 7.50. The number of hydrogen-bond acceptors (Lipinski definition) is 1. The van der Waals surface area contributed by atoms with E-state index < -0.39 is 0 Å². The van der Waals surface area contributed by atoms with E-state index in [1.807, 2.05) is 4.90 Å². The summed E-state index contributed by atoms with van der Waals surface area (Å²) in [6, 6.07) is 0. The molecule has 0 aromatic rings. The zero-order valence-electron chi connectivity index (χ0n) is 15.7. The van der Waals surface area contributed by atoms with Gasteiger partial charge in [0.15, 0.2) is 0 Å². The molecule has 1 rings (SSSR count). The monoisotopic (exact) mass is 323 g/mol. The van der Waals surface area contributed by atoms with Crippen molar-refractivity contribution >= 4 is 5.91 Å². The molecular weight excluding hydrogens is 284 g/mol. The van der Waals surface area contributed by atoms with Gasteiger partial charge >= 0.3 is 0 Å². The van der Waals surface area contributed by atoms with Gasteiger partial charge in [0.1, 0.15) is 0 Å². The van der Waals surface area contributed by atoms with Crippen LogP contribution in [0.2, 0.25) is 0 Å². The predicted molar refractivity (Wildman–Crippen MR) is 99.4 cm³/mol. The van der Waals surface area contributed by atoms with Crippen LogP contribution >= 0.6 is 0 Å². The Balaban J connectivity index is 1.99. The zero-order valence-corrected chi connectivity index (χ0v) is 15.7. The highest BCUT2D eigenvalue weighted by Gasteiger charge is 2.29. The third-order valence-electron chi connectivity index (χ3n) is 5.36. The van der Waals surface area contributed by atoms with E-state index in [4.69, 9.17) is 0 Å². The molecule has 3 heteroatoms. The number of carbonyl (C=O) groups excluding carboxylic acids is 1. The number of rotatable bonds is 12. The molecule has 1 fully saturated rings. The molecule has 0 aromatic carbocycles. The molecule has 0 saturated carbocycles. The van der Waals surface area contributed by atoms with E-state index in [0.29, 0.717) is 0 Å². The van der Waals surface area contributed by atoms with Crippen LogP contribution in [0.15, 0.2) is 12.7 Å². The van der Waals surface area contributed by atoms with Gasteiger partial charge < -0.3 is 9.38 Å². The van der Waals surface area contributed by atoms with E-state index in [-0.39, 0.29) is 5.91 Å². The molecule has 1 saturated heterocycles. The molecule has 0 unspecified atom stereocenters. The minimum absolute atomic E-state index is 0.0928. The molecule has 0 N–H and O–H groups in total. The Bertz CT molecular complexity index is 333. The smallest absolute Gasteiger partial charge is 0.246 e. The van der Waals surface area contributed by atoms with Crippen LogP contribution in [0.3, 0.4) is 0 Å². The molecule has 0 atom stereocenters. The molecule has 134 valence electrons. The highest BCUT2D eigenvalue weighted by molar-refractivity contribution is 5.87. The maximum Gasteiger partial charge on any atom is 0.246 e. The van der Waals surface area contributed by atoms with Crippen LogP contribution in [0.5, 0.6) is 0 Å². The maximum atomic E-state index is 11.6. The number of hydrogen-bond donors (Lipinski definition) is 0. The SMILES string of the molecule is C=CC(=O)N1CC[N+](C)(CCCCCCCCCCCC)CC1. The molecule has 1 heterocycles. The van der Waals surface area contributed by atoms with Gasteiger partial charge in [-0.25, -0.2) is 0 Å². The van der Waals surface area contributed by atoms with Crippen molar-refractivity contribution in [2.45, 2.75) is 71.1 Å². The largest absolute Gasteiger partial charge is 0.328 e. The van der Waals surface area contributed by atoms with Gasteiger partial charge in [0.2, 0.25) is 5.91 Å². The summed E-state index contributed by atoms with van der Waals surface area (Å²) in [6.45, 7) is 11.1. The van der Waals surface area contributed by atoms with Gasteiger partial charge in [-0.1, -0.05) is 64.9 Å². The first-order valence-corrected chi connectivity index (χ1v) is 9.86. The lowest BCUT2D eigenvalue weighted by Crippen LogP contribution is -2.58. The number of unbranched alkanes of at least 4 members (excludes halogenated alkanes) is 9. The minimum Gasteiger partial charge on any atom is -0.328 e. The van der Waals surface area contributed by atoms with Crippen LogP contribution in [0, 0.1) is 0 Å². The summed E-state index contributed by atoms with van der Waals surface area (Å²) >= 11 is 0. The van der Waals surface area contributed by atoms with E-state index in [1.54, 1.807) is 0 Å². The van der Waals surface area contributed by atoms with Crippen molar-refractivity contribution in [2.24, 2.45) is 0 Å². The lowest BCUT2D eigenvalue weighted by Gasteiger charge is -2.42. The van der Waals surface area contributed by atoms with Crippen LogP contribution in [0.1, 0.15) is 71.1 Å². The highest BCUT2D eigenvalue weighted by atomic mass is 16.2. The summed E-state index contributed by atoms with van der Waals surface area (Å²) in [4.78, 5) is 13.6. The highest BCUT2D eigenvalue weighted by Crippen LogP contribution is 2.15. The van der Waals surface area contributed by atoms with Crippen molar-refractivity contribution in [2.75, 3.05) is 39.8 Å². The standard InChI is InChI=1S/C20H39N2O/c1-4-6-7-8-9-10-11-12-13-14-17-22(3)18-15-21(16-19-22)20(23)5-2/h5H,2,4,6-19H2,1,3H3/q+1. The average molecular weight is 324 g/mol. The van der Waals surface area contributed by atoms with Crippen molar-refractivity contribution in [3.05, 3.63) is 12.7 Å². The number of amides is 1. The van der Waals surface area contributed by atoms with Gasteiger partial charge in [-0.3, -0.25) is 4.79 Å². The third-order valence-corrected chi connectivity index (χ3v) is 5.36. The molecule has 0 aromatic heterocycles. The quantitative estimate of drug-likeness (QED) is 0.296. The van der Waals surface area contributed by atoms with Crippen molar-refractivity contribution in [1.29, 1.82) is 0 Å². The van der Waals surface area contributed by atoms with E-state index in [1.165, 1.54) is 76.8 Å². The Morgan fingerprint density at radius 1 is 0.957 bits per heavy atom. The molecule has 0 bridgehead atoms. The van der Waals surface area contributed by atoms with Crippen LogP contribution in [0.4, 0.5) is 0 Å². The first kappa shape index (κ1) is 20.2. The molecule has 1 aliphatic rings. The fourth-order valence-electron chi connectivity index (χ4n) is 3.50. The molecule has 0 aliphatic carbocycles. The number of quaternary nitrogens is 1. The molecule has 3 nitrogen and oxygen atoms in total. The van der Waals surface area contributed by atoms with E-state index in [9.17, 15) is 4.79 Å². The topological polar surface area (TPSA) is 20.3 Å². The molecule has 0 spiro atoms. The van der Waals surface area contributed by atoms with Gasteiger partial charge in [-0.2, -0.15) is 0 Å². The normalized spacial score (nSPS) is 17.2. The molecule has 0 radical (unpaired) electrons. The fraction of sp³-hybridized carbons (Fsp3) is 0.850. The van der Waals surface area contributed by atoms with Crippen molar-refractivity contribution in [3.63, 3.8) is 0 Å². The Morgan fingerprint density at radius 3 is 1.91 bits per heavy atom. The Kier molecular flexibility index (Phi) is 10.3. The van der Waals surface area contributed by atoms with Crippen molar-refractivity contribution in [1.82, 2.24) is 4.90 Å². The summed E-state index contributed by atoms with van der Waals surface area (Å²) in [5.41, 5.74) is 0. The second kappa shape index (κ2) is 11.7. The van der Waals surface area contributed by atoms with Crippen LogP contribution in [0.25, 0.3) is 0 Å². The third kappa shape index (κ3) is 8.55. The number of nitrogens with zero attached hydrogens (tertiary/aromatic N) is 2. The summed E-state index contributed by atoms with van der Waals surface area (Å²) < 4.78 is 1.14. The van der Waals surface area contributed by atoms with E-state index in [0.717, 1.165) is 30.7 Å². The Hall–Kier alpha value is -0.830. The van der Waals surface area contributed by atoms with Gasteiger partial charge in [0.05, 0.1) is 39.8 Å². The molecule has 1 aliphatic heterocycles. The van der Waals surface area contributed by atoms with Gasteiger partial charge in [-0.05, 0) is 18.9 Å². The number of piperazine rings is 1. The van der Waals surface area contributed by atoms with Gasteiger partial charge in [0, 0.05) is 0 Å². The summed E-state index contributed by atoms with van der Waals surface area (Å²) in [5, 5.41) is 0. The molecule has 23 heavy (non-hydrogen) atoms.